The van der Waals surface area contributed by atoms with Crippen LogP contribution in [0, 0.1) is 11.7 Å². The minimum Gasteiger partial charge on any atom is -0.481 e. The molecule has 4 aromatic carbocycles. The summed E-state index contributed by atoms with van der Waals surface area (Å²) in [4.78, 5) is 23.9. The largest absolute Gasteiger partial charge is 0.481 e. The Labute approximate surface area is 211 Å². The molecule has 0 amide bonds. The fourth-order valence-electron chi connectivity index (χ4n) is 4.18. The Morgan fingerprint density at radius 2 is 1.61 bits per heavy atom. The average molecular weight is 499 g/mol. The van der Waals surface area contributed by atoms with E-state index >= 15 is 4.39 Å². The highest BCUT2D eigenvalue weighted by Crippen LogP contribution is 2.36. The highest BCUT2D eigenvalue weighted by Gasteiger charge is 2.17. The molecular weight excluding hydrogens is 475 g/mol. The van der Waals surface area contributed by atoms with E-state index < -0.39 is 17.7 Å². The van der Waals surface area contributed by atoms with Gasteiger partial charge in [0.1, 0.15) is 17.0 Å². The summed E-state index contributed by atoms with van der Waals surface area (Å²) in [6, 6.07) is 25.0. The van der Waals surface area contributed by atoms with Gasteiger partial charge in [0.05, 0.1) is 5.92 Å². The number of carbonyl (C=O) groups excluding carboxylic acids is 1. The minimum absolute atomic E-state index is 0.263. The standard InChI is InChI=1S/C30H23FO4S/c1-18(30(33)34)16-36-17-19-9-11-20(12-10-19)28(32)21-13-14-22(26(31)15-21)24-6-4-7-25-23-5-2-3-8-27(23)35-29(24)25/h2-15,18H,16-17H2,1H3,(H,33,34). The molecule has 0 aliphatic rings. The van der Waals surface area contributed by atoms with Crippen LogP contribution in [0.15, 0.2) is 89.3 Å². The maximum absolute atomic E-state index is 15.3. The second kappa shape index (κ2) is 9.99. The molecular formula is C30H23FO4S. The number of aliphatic carboxylic acids is 1. The van der Waals surface area contributed by atoms with Crippen LogP contribution >= 0.6 is 11.8 Å². The number of thioether (sulfide) groups is 1. The van der Waals surface area contributed by atoms with Crippen LogP contribution in [0.3, 0.4) is 0 Å². The van der Waals surface area contributed by atoms with Crippen molar-refractivity contribution in [1.29, 1.82) is 0 Å². The van der Waals surface area contributed by atoms with Crippen LogP contribution in [0.5, 0.6) is 0 Å². The number of ketones is 1. The van der Waals surface area contributed by atoms with E-state index in [1.165, 1.54) is 17.8 Å². The van der Waals surface area contributed by atoms with Gasteiger partial charge in [0.25, 0.3) is 0 Å². The number of hydrogen-bond donors (Lipinski definition) is 1. The summed E-state index contributed by atoms with van der Waals surface area (Å²) in [5.41, 5.74) is 4.10. The number of para-hydroxylation sites is 2. The molecule has 0 fully saturated rings. The molecule has 5 aromatic rings. The van der Waals surface area contributed by atoms with Crippen molar-refractivity contribution in [2.75, 3.05) is 5.75 Å². The molecule has 0 saturated carbocycles. The molecule has 0 aliphatic heterocycles. The molecule has 180 valence electrons. The number of benzene rings is 4. The zero-order chi connectivity index (χ0) is 25.2. The molecule has 6 heteroatoms. The van der Waals surface area contributed by atoms with Crippen LogP contribution in [0.25, 0.3) is 33.1 Å². The molecule has 1 heterocycles. The predicted octanol–water partition coefficient (Wildman–Crippen LogP) is 7.58. The summed E-state index contributed by atoms with van der Waals surface area (Å²) < 4.78 is 21.3. The Morgan fingerprint density at radius 1 is 0.889 bits per heavy atom. The molecule has 0 bridgehead atoms. The lowest BCUT2D eigenvalue weighted by Gasteiger charge is -2.08. The number of carboxylic acids is 1. The van der Waals surface area contributed by atoms with Crippen molar-refractivity contribution in [2.24, 2.45) is 5.92 Å². The summed E-state index contributed by atoms with van der Waals surface area (Å²) >= 11 is 1.53. The monoisotopic (exact) mass is 498 g/mol. The SMILES string of the molecule is CC(CSCc1ccc(C(=O)c2ccc(-c3cccc4c3oc3ccccc34)c(F)c2)cc1)C(=O)O. The number of hydrogen-bond acceptors (Lipinski definition) is 4. The Balaban J connectivity index is 1.36. The van der Waals surface area contributed by atoms with Gasteiger partial charge in [-0.15, -0.1) is 0 Å². The van der Waals surface area contributed by atoms with Gasteiger partial charge in [-0.3, -0.25) is 9.59 Å². The Bertz CT molecular complexity index is 1590. The second-order valence-electron chi connectivity index (χ2n) is 8.76. The van der Waals surface area contributed by atoms with Crippen molar-refractivity contribution in [2.45, 2.75) is 12.7 Å². The molecule has 1 unspecified atom stereocenters. The zero-order valence-corrected chi connectivity index (χ0v) is 20.3. The molecule has 5 rings (SSSR count). The first-order valence-electron chi connectivity index (χ1n) is 11.6. The second-order valence-corrected chi connectivity index (χ2v) is 9.79. The number of rotatable bonds is 8. The minimum atomic E-state index is -0.809. The molecule has 1 N–H and O–H groups in total. The quantitative estimate of drug-likeness (QED) is 0.223. The van der Waals surface area contributed by atoms with Gasteiger partial charge in [-0.25, -0.2) is 4.39 Å². The lowest BCUT2D eigenvalue weighted by molar-refractivity contribution is -0.140. The smallest absolute Gasteiger partial charge is 0.307 e. The molecule has 0 radical (unpaired) electrons. The predicted molar refractivity (Wildman–Crippen MR) is 142 cm³/mol. The summed E-state index contributed by atoms with van der Waals surface area (Å²) in [5, 5.41) is 10.9. The first kappa shape index (κ1) is 23.8. The maximum atomic E-state index is 15.3. The van der Waals surface area contributed by atoms with Crippen molar-refractivity contribution < 1.29 is 23.5 Å². The normalized spacial score (nSPS) is 12.2. The van der Waals surface area contributed by atoms with Crippen LogP contribution in [0.2, 0.25) is 0 Å². The van der Waals surface area contributed by atoms with Gasteiger partial charge in [-0.05, 0) is 17.7 Å². The third kappa shape index (κ3) is 4.64. The van der Waals surface area contributed by atoms with Gasteiger partial charge >= 0.3 is 5.97 Å². The molecule has 1 atom stereocenters. The number of fused-ring (bicyclic) bond motifs is 3. The van der Waals surface area contributed by atoms with Gasteiger partial charge in [0.15, 0.2) is 5.78 Å². The number of halogens is 1. The summed E-state index contributed by atoms with van der Waals surface area (Å²) in [5.74, 6) is -0.800. The number of carboxylic acid groups (broad SMARTS) is 1. The summed E-state index contributed by atoms with van der Waals surface area (Å²) in [6.07, 6.45) is 0. The third-order valence-electron chi connectivity index (χ3n) is 6.20. The topological polar surface area (TPSA) is 67.5 Å². The van der Waals surface area contributed by atoms with Crippen molar-refractivity contribution in [3.05, 3.63) is 107 Å². The van der Waals surface area contributed by atoms with E-state index in [-0.39, 0.29) is 11.3 Å². The molecule has 0 saturated heterocycles. The zero-order valence-electron chi connectivity index (χ0n) is 19.5. The van der Waals surface area contributed by atoms with Gasteiger partial charge in [-0.2, -0.15) is 11.8 Å². The maximum Gasteiger partial charge on any atom is 0.307 e. The fraction of sp³-hybridized carbons (Fsp3) is 0.133. The van der Waals surface area contributed by atoms with E-state index in [0.717, 1.165) is 21.9 Å². The average Bonchev–Trinajstić information content (AvgIpc) is 3.27. The first-order valence-corrected chi connectivity index (χ1v) is 12.7. The summed E-state index contributed by atoms with van der Waals surface area (Å²) in [6.45, 7) is 1.68. The van der Waals surface area contributed by atoms with E-state index in [1.54, 1.807) is 31.2 Å². The molecule has 4 nitrogen and oxygen atoms in total. The Hall–Kier alpha value is -3.90. The third-order valence-corrected chi connectivity index (χ3v) is 7.47. The highest BCUT2D eigenvalue weighted by molar-refractivity contribution is 7.98. The van der Waals surface area contributed by atoms with Crippen LogP contribution in [-0.2, 0) is 10.5 Å². The fourth-order valence-corrected chi connectivity index (χ4v) is 5.22. The van der Waals surface area contributed by atoms with Gasteiger partial charge in [0, 0.05) is 44.5 Å². The van der Waals surface area contributed by atoms with E-state index in [9.17, 15) is 9.59 Å². The van der Waals surface area contributed by atoms with Gasteiger partial charge in [-0.1, -0.05) is 79.7 Å². The van der Waals surface area contributed by atoms with E-state index in [0.29, 0.717) is 33.8 Å². The van der Waals surface area contributed by atoms with Crippen LogP contribution in [0.1, 0.15) is 28.4 Å². The van der Waals surface area contributed by atoms with Gasteiger partial charge < -0.3 is 9.52 Å². The van der Waals surface area contributed by atoms with Crippen molar-refractivity contribution in [3.8, 4) is 11.1 Å². The van der Waals surface area contributed by atoms with Crippen molar-refractivity contribution >= 4 is 45.5 Å². The van der Waals surface area contributed by atoms with Crippen molar-refractivity contribution in [1.82, 2.24) is 0 Å². The Morgan fingerprint density at radius 3 is 2.36 bits per heavy atom. The molecule has 0 aliphatic carbocycles. The molecule has 1 aromatic heterocycles. The Kier molecular flexibility index (Phi) is 6.61. The highest BCUT2D eigenvalue weighted by atomic mass is 32.2. The number of furan rings is 1. The van der Waals surface area contributed by atoms with Crippen LogP contribution in [-0.4, -0.2) is 22.6 Å². The molecule has 0 spiro atoms. The lowest BCUT2D eigenvalue weighted by atomic mass is 9.97. The first-order chi connectivity index (χ1) is 17.4. The number of carbonyl (C=O) groups is 2. The molecule has 36 heavy (non-hydrogen) atoms. The van der Waals surface area contributed by atoms with Crippen LogP contribution < -0.4 is 0 Å². The van der Waals surface area contributed by atoms with E-state index in [2.05, 4.69) is 0 Å². The van der Waals surface area contributed by atoms with Gasteiger partial charge in [0.2, 0.25) is 0 Å². The van der Waals surface area contributed by atoms with E-state index in [4.69, 9.17) is 9.52 Å². The lowest BCUT2D eigenvalue weighted by Crippen LogP contribution is -2.11. The van der Waals surface area contributed by atoms with E-state index in [1.807, 2.05) is 54.6 Å². The summed E-state index contributed by atoms with van der Waals surface area (Å²) in [7, 11) is 0. The van der Waals surface area contributed by atoms with Crippen molar-refractivity contribution in [3.63, 3.8) is 0 Å². The van der Waals surface area contributed by atoms with Crippen LogP contribution in [0.4, 0.5) is 4.39 Å².